The van der Waals surface area contributed by atoms with Crippen molar-refractivity contribution in [2.45, 2.75) is 13.8 Å². The van der Waals surface area contributed by atoms with E-state index in [-0.39, 0.29) is 5.28 Å². The highest BCUT2D eigenvalue weighted by molar-refractivity contribution is 6.35. The van der Waals surface area contributed by atoms with Crippen LogP contribution in [0.5, 0.6) is 0 Å². The lowest BCUT2D eigenvalue weighted by Gasteiger charge is -1.97. The summed E-state index contributed by atoms with van der Waals surface area (Å²) in [4.78, 5) is 7.83. The van der Waals surface area contributed by atoms with Gasteiger partial charge in [-0.3, -0.25) is 0 Å². The van der Waals surface area contributed by atoms with E-state index in [9.17, 15) is 0 Å². The molecular weight excluding hydrogens is 219 g/mol. The average molecular weight is 229 g/mol. The second-order valence-electron chi connectivity index (χ2n) is 2.30. The van der Waals surface area contributed by atoms with E-state index in [4.69, 9.17) is 23.2 Å². The van der Waals surface area contributed by atoms with Gasteiger partial charge in [0.15, 0.2) is 0 Å². The smallest absolute Gasteiger partial charge is 0.218 e. The number of para-hydroxylation sites is 1. The molecule has 0 unspecified atom stereocenters. The molecule has 0 saturated heterocycles. The SMILES string of the molecule is CC.Clc1nc(Cl)c2ccccc2n1. The molecule has 0 bridgehead atoms. The summed E-state index contributed by atoms with van der Waals surface area (Å²) < 4.78 is 0. The Morgan fingerprint density at radius 2 is 1.64 bits per heavy atom. The molecule has 2 nitrogen and oxygen atoms in total. The summed E-state index contributed by atoms with van der Waals surface area (Å²) in [6, 6.07) is 7.45. The van der Waals surface area contributed by atoms with Gasteiger partial charge in [0.25, 0.3) is 0 Å². The summed E-state index contributed by atoms with van der Waals surface area (Å²) in [5.41, 5.74) is 0.766. The molecule has 0 aliphatic heterocycles. The molecule has 1 aromatic heterocycles. The number of hydrogen-bond donors (Lipinski definition) is 0. The van der Waals surface area contributed by atoms with Gasteiger partial charge < -0.3 is 0 Å². The predicted octanol–water partition coefficient (Wildman–Crippen LogP) is 3.96. The molecule has 0 N–H and O–H groups in total. The zero-order valence-electron chi connectivity index (χ0n) is 7.96. The Morgan fingerprint density at radius 3 is 2.36 bits per heavy atom. The summed E-state index contributed by atoms with van der Waals surface area (Å²) in [6.07, 6.45) is 0. The first kappa shape index (κ1) is 11.2. The van der Waals surface area contributed by atoms with Crippen LogP contribution in [0.15, 0.2) is 24.3 Å². The lowest BCUT2D eigenvalue weighted by Crippen LogP contribution is -1.85. The van der Waals surface area contributed by atoms with E-state index in [0.717, 1.165) is 10.9 Å². The second kappa shape index (κ2) is 5.13. The Morgan fingerprint density at radius 1 is 1.00 bits per heavy atom. The molecule has 0 aliphatic rings. The molecule has 0 atom stereocenters. The maximum atomic E-state index is 5.83. The predicted molar refractivity (Wildman–Crippen MR) is 60.9 cm³/mol. The highest BCUT2D eigenvalue weighted by Gasteiger charge is 2.01. The van der Waals surface area contributed by atoms with Crippen LogP contribution in [0.3, 0.4) is 0 Å². The van der Waals surface area contributed by atoms with E-state index in [1.807, 2.05) is 38.1 Å². The van der Waals surface area contributed by atoms with Crippen molar-refractivity contribution in [1.29, 1.82) is 0 Å². The summed E-state index contributed by atoms with van der Waals surface area (Å²) in [5.74, 6) is 0. The normalized spacial score (nSPS) is 9.43. The third kappa shape index (κ3) is 2.34. The van der Waals surface area contributed by atoms with Crippen LogP contribution >= 0.6 is 23.2 Å². The van der Waals surface area contributed by atoms with Gasteiger partial charge in [0.05, 0.1) is 5.52 Å². The molecule has 0 saturated carbocycles. The Kier molecular flexibility index (Phi) is 4.11. The van der Waals surface area contributed by atoms with Gasteiger partial charge in [0, 0.05) is 5.39 Å². The van der Waals surface area contributed by atoms with E-state index >= 15 is 0 Å². The second-order valence-corrected chi connectivity index (χ2v) is 3.00. The van der Waals surface area contributed by atoms with Gasteiger partial charge in [0.1, 0.15) is 5.15 Å². The summed E-state index contributed by atoms with van der Waals surface area (Å²) in [6.45, 7) is 4.00. The van der Waals surface area contributed by atoms with Gasteiger partial charge in [-0.1, -0.05) is 37.6 Å². The van der Waals surface area contributed by atoms with Gasteiger partial charge in [0.2, 0.25) is 5.28 Å². The molecule has 14 heavy (non-hydrogen) atoms. The molecule has 74 valence electrons. The maximum Gasteiger partial charge on any atom is 0.224 e. The first-order valence-corrected chi connectivity index (χ1v) is 5.11. The highest BCUT2D eigenvalue weighted by atomic mass is 35.5. The Hall–Kier alpha value is -0.860. The van der Waals surface area contributed by atoms with Crippen LogP contribution in [0.1, 0.15) is 13.8 Å². The molecule has 0 fully saturated rings. The molecule has 1 aromatic carbocycles. The van der Waals surface area contributed by atoms with Crippen LogP contribution in [0.4, 0.5) is 0 Å². The molecule has 0 radical (unpaired) electrons. The van der Waals surface area contributed by atoms with Gasteiger partial charge in [-0.05, 0) is 23.7 Å². The van der Waals surface area contributed by atoms with Crippen LogP contribution in [0.25, 0.3) is 10.9 Å². The van der Waals surface area contributed by atoms with Crippen LogP contribution in [0.2, 0.25) is 10.4 Å². The minimum absolute atomic E-state index is 0.179. The van der Waals surface area contributed by atoms with Crippen molar-refractivity contribution in [2.24, 2.45) is 0 Å². The van der Waals surface area contributed by atoms with Crippen molar-refractivity contribution in [3.8, 4) is 0 Å². The summed E-state index contributed by atoms with van der Waals surface area (Å²) >= 11 is 11.4. The third-order valence-corrected chi connectivity index (χ3v) is 1.99. The lowest BCUT2D eigenvalue weighted by atomic mass is 10.2. The fraction of sp³-hybridized carbons (Fsp3) is 0.200. The van der Waals surface area contributed by atoms with Crippen molar-refractivity contribution < 1.29 is 0 Å². The van der Waals surface area contributed by atoms with Gasteiger partial charge >= 0.3 is 0 Å². The number of rotatable bonds is 0. The van der Waals surface area contributed by atoms with Crippen molar-refractivity contribution in [2.75, 3.05) is 0 Å². The molecule has 2 rings (SSSR count). The first-order valence-electron chi connectivity index (χ1n) is 4.35. The molecule has 0 amide bonds. The van der Waals surface area contributed by atoms with Crippen LogP contribution in [-0.4, -0.2) is 9.97 Å². The molecule has 4 heteroatoms. The van der Waals surface area contributed by atoms with Gasteiger partial charge in [-0.2, -0.15) is 0 Å². The minimum Gasteiger partial charge on any atom is -0.218 e. The monoisotopic (exact) mass is 228 g/mol. The highest BCUT2D eigenvalue weighted by Crippen LogP contribution is 2.20. The van der Waals surface area contributed by atoms with Gasteiger partial charge in [-0.25, -0.2) is 9.97 Å². The Labute approximate surface area is 92.9 Å². The topological polar surface area (TPSA) is 25.8 Å². The van der Waals surface area contributed by atoms with Crippen molar-refractivity contribution in [3.63, 3.8) is 0 Å². The van der Waals surface area contributed by atoms with E-state index in [1.54, 1.807) is 0 Å². The number of aromatic nitrogens is 2. The van der Waals surface area contributed by atoms with E-state index in [0.29, 0.717) is 5.15 Å². The fourth-order valence-electron chi connectivity index (χ4n) is 1.01. The van der Waals surface area contributed by atoms with E-state index in [2.05, 4.69) is 9.97 Å². The number of benzene rings is 1. The van der Waals surface area contributed by atoms with Crippen molar-refractivity contribution in [3.05, 3.63) is 34.7 Å². The van der Waals surface area contributed by atoms with E-state index < -0.39 is 0 Å². The molecule has 1 heterocycles. The molecule has 2 aromatic rings. The molecular formula is C10H10Cl2N2. The summed E-state index contributed by atoms with van der Waals surface area (Å²) in [7, 11) is 0. The Balaban J connectivity index is 0.000000461. The summed E-state index contributed by atoms with van der Waals surface area (Å²) in [5, 5.41) is 1.40. The van der Waals surface area contributed by atoms with Crippen LogP contribution in [0, 0.1) is 0 Å². The van der Waals surface area contributed by atoms with Gasteiger partial charge in [-0.15, -0.1) is 0 Å². The number of hydrogen-bond acceptors (Lipinski definition) is 2. The number of halogens is 2. The first-order chi connectivity index (χ1) is 6.77. The minimum atomic E-state index is 0.179. The number of nitrogens with zero attached hydrogens (tertiary/aromatic N) is 2. The van der Waals surface area contributed by atoms with Crippen molar-refractivity contribution >= 4 is 34.1 Å². The fourth-order valence-corrected chi connectivity index (χ4v) is 1.47. The molecule has 0 aliphatic carbocycles. The molecule has 0 spiro atoms. The third-order valence-electron chi connectivity index (χ3n) is 1.53. The van der Waals surface area contributed by atoms with E-state index in [1.165, 1.54) is 0 Å². The zero-order valence-corrected chi connectivity index (χ0v) is 9.47. The van der Waals surface area contributed by atoms with Crippen molar-refractivity contribution in [1.82, 2.24) is 9.97 Å². The van der Waals surface area contributed by atoms with Crippen LogP contribution < -0.4 is 0 Å². The Bertz CT molecular complexity index is 429. The van der Waals surface area contributed by atoms with Crippen LogP contribution in [-0.2, 0) is 0 Å². The zero-order chi connectivity index (χ0) is 10.6. The lowest BCUT2D eigenvalue weighted by molar-refractivity contribution is 1.22. The average Bonchev–Trinajstić information content (AvgIpc) is 2.20. The maximum absolute atomic E-state index is 5.83. The largest absolute Gasteiger partial charge is 0.224 e. The quantitative estimate of drug-likeness (QED) is 0.504. The standard InChI is InChI=1S/C8H4Cl2N2.C2H6/c9-7-5-3-1-2-4-6(5)11-8(10)12-7;1-2/h1-4H;1-2H3. The number of fused-ring (bicyclic) bond motifs is 1.